The molecule has 0 bridgehead atoms. The quantitative estimate of drug-likeness (QED) is 0.848. The van der Waals surface area contributed by atoms with Gasteiger partial charge in [-0.25, -0.2) is 0 Å². The van der Waals surface area contributed by atoms with Gasteiger partial charge in [-0.05, 0) is 52.0 Å². The van der Waals surface area contributed by atoms with Crippen molar-refractivity contribution in [3.05, 3.63) is 35.4 Å². The van der Waals surface area contributed by atoms with Crippen LogP contribution in [0.3, 0.4) is 0 Å². The van der Waals surface area contributed by atoms with Gasteiger partial charge in [0.1, 0.15) is 0 Å². The summed E-state index contributed by atoms with van der Waals surface area (Å²) in [5, 5.41) is 0. The minimum Gasteiger partial charge on any atom is -0.376 e. The first-order valence-electron chi connectivity index (χ1n) is 8.89. The Balaban J connectivity index is 1.89. The fourth-order valence-corrected chi connectivity index (χ4v) is 4.25. The molecule has 2 aliphatic heterocycles. The molecule has 3 nitrogen and oxygen atoms in total. The molecule has 2 saturated heterocycles. The average Bonchev–Trinajstić information content (AvgIpc) is 3.01. The number of carbonyl (C=O) groups excluding carboxylic acids is 1. The third kappa shape index (κ3) is 3.60. The van der Waals surface area contributed by atoms with Gasteiger partial charge in [-0.3, -0.25) is 4.79 Å². The summed E-state index contributed by atoms with van der Waals surface area (Å²) >= 11 is 0. The normalized spacial score (nSPS) is 27.2. The lowest BCUT2D eigenvalue weighted by atomic mass is 9.67. The number of likely N-dealkylation sites (tertiary alicyclic amines) is 1. The van der Waals surface area contributed by atoms with Crippen molar-refractivity contribution < 1.29 is 9.53 Å². The lowest BCUT2D eigenvalue weighted by molar-refractivity contribution is -0.135. The Labute approximate surface area is 140 Å². The van der Waals surface area contributed by atoms with Crippen LogP contribution in [-0.2, 0) is 14.9 Å². The van der Waals surface area contributed by atoms with Crippen LogP contribution in [0.4, 0.5) is 0 Å². The van der Waals surface area contributed by atoms with Gasteiger partial charge >= 0.3 is 0 Å². The van der Waals surface area contributed by atoms with Crippen LogP contribution in [0.15, 0.2) is 24.3 Å². The van der Waals surface area contributed by atoms with Gasteiger partial charge in [0.2, 0.25) is 5.91 Å². The number of hydrogen-bond acceptors (Lipinski definition) is 2. The number of nitrogens with zero attached hydrogens (tertiary/aromatic N) is 1. The highest BCUT2D eigenvalue weighted by molar-refractivity contribution is 5.78. The van der Waals surface area contributed by atoms with Gasteiger partial charge in [-0.15, -0.1) is 0 Å². The van der Waals surface area contributed by atoms with E-state index in [0.717, 1.165) is 45.4 Å². The lowest BCUT2D eigenvalue weighted by Crippen LogP contribution is -2.47. The molecule has 2 aliphatic rings. The monoisotopic (exact) mass is 315 g/mol. The molecule has 0 unspecified atom stereocenters. The van der Waals surface area contributed by atoms with Crippen molar-refractivity contribution in [2.24, 2.45) is 0 Å². The second kappa shape index (κ2) is 6.27. The van der Waals surface area contributed by atoms with Crippen LogP contribution < -0.4 is 0 Å². The maximum absolute atomic E-state index is 12.9. The Hall–Kier alpha value is -1.35. The van der Waals surface area contributed by atoms with E-state index in [1.165, 1.54) is 11.1 Å². The fraction of sp³-hybridized carbons (Fsp3) is 0.650. The van der Waals surface area contributed by atoms with Crippen molar-refractivity contribution in [3.63, 3.8) is 0 Å². The second-order valence-corrected chi connectivity index (χ2v) is 7.95. The summed E-state index contributed by atoms with van der Waals surface area (Å²) in [6.07, 6.45) is 4.75. The summed E-state index contributed by atoms with van der Waals surface area (Å²) in [6, 6.07) is 8.77. The van der Waals surface area contributed by atoms with Gasteiger partial charge < -0.3 is 9.64 Å². The molecule has 0 aromatic heterocycles. The Morgan fingerprint density at radius 3 is 2.43 bits per heavy atom. The highest BCUT2D eigenvalue weighted by Gasteiger charge is 2.44. The van der Waals surface area contributed by atoms with Gasteiger partial charge in [0.25, 0.3) is 0 Å². The molecule has 1 aromatic carbocycles. The molecule has 3 rings (SSSR count). The molecule has 2 heterocycles. The van der Waals surface area contributed by atoms with Gasteiger partial charge in [0.15, 0.2) is 0 Å². The molecule has 1 aromatic rings. The molecule has 0 spiro atoms. The van der Waals surface area contributed by atoms with Gasteiger partial charge in [-0.1, -0.05) is 29.8 Å². The Morgan fingerprint density at radius 1 is 1.17 bits per heavy atom. The minimum atomic E-state index is -0.172. The SMILES string of the molecule is Cc1ccc([C@@]2(CC(=O)N3CCCC3)CCOC(C)(C)C2)cc1. The van der Waals surface area contributed by atoms with Crippen molar-refractivity contribution in [2.75, 3.05) is 19.7 Å². The number of amides is 1. The zero-order valence-corrected chi connectivity index (χ0v) is 14.7. The Bertz CT molecular complexity index is 558. The molecular weight excluding hydrogens is 286 g/mol. The summed E-state index contributed by atoms with van der Waals surface area (Å²) in [5.74, 6) is 0.320. The molecule has 23 heavy (non-hydrogen) atoms. The minimum absolute atomic E-state index is 0.0882. The first kappa shape index (κ1) is 16.5. The van der Waals surface area contributed by atoms with Crippen LogP contribution >= 0.6 is 0 Å². The molecule has 3 heteroatoms. The lowest BCUT2D eigenvalue weighted by Gasteiger charge is -2.45. The van der Waals surface area contributed by atoms with E-state index in [4.69, 9.17) is 4.74 Å². The van der Waals surface area contributed by atoms with E-state index in [0.29, 0.717) is 12.3 Å². The Morgan fingerprint density at radius 2 is 1.83 bits per heavy atom. The zero-order valence-electron chi connectivity index (χ0n) is 14.7. The zero-order chi connectivity index (χ0) is 16.5. The van der Waals surface area contributed by atoms with Crippen LogP contribution in [0.1, 0.15) is 57.1 Å². The number of ether oxygens (including phenoxy) is 1. The highest BCUT2D eigenvalue weighted by atomic mass is 16.5. The van der Waals surface area contributed by atoms with Crippen molar-refractivity contribution in [3.8, 4) is 0 Å². The summed E-state index contributed by atoms with van der Waals surface area (Å²) in [4.78, 5) is 14.9. The topological polar surface area (TPSA) is 29.5 Å². The summed E-state index contributed by atoms with van der Waals surface area (Å²) in [5.41, 5.74) is 2.30. The van der Waals surface area contributed by atoms with Crippen molar-refractivity contribution in [1.29, 1.82) is 0 Å². The first-order chi connectivity index (χ1) is 10.9. The Kier molecular flexibility index (Phi) is 4.50. The highest BCUT2D eigenvalue weighted by Crippen LogP contribution is 2.44. The molecule has 0 radical (unpaired) electrons. The maximum Gasteiger partial charge on any atom is 0.223 e. The molecule has 1 amide bonds. The van der Waals surface area contributed by atoms with Gasteiger partial charge in [0.05, 0.1) is 5.60 Å². The fourth-order valence-electron chi connectivity index (χ4n) is 4.25. The van der Waals surface area contributed by atoms with E-state index in [-0.39, 0.29) is 11.0 Å². The largest absolute Gasteiger partial charge is 0.376 e. The molecule has 0 saturated carbocycles. The molecule has 126 valence electrons. The molecular formula is C20H29NO2. The van der Waals surface area contributed by atoms with Crippen LogP contribution in [0.25, 0.3) is 0 Å². The third-order valence-corrected chi connectivity index (χ3v) is 5.45. The van der Waals surface area contributed by atoms with E-state index in [2.05, 4.69) is 49.9 Å². The van der Waals surface area contributed by atoms with Gasteiger partial charge in [0, 0.05) is 31.5 Å². The predicted molar refractivity (Wildman–Crippen MR) is 92.6 cm³/mol. The number of rotatable bonds is 3. The summed E-state index contributed by atoms with van der Waals surface area (Å²) in [6.45, 7) is 9.00. The third-order valence-electron chi connectivity index (χ3n) is 5.45. The summed E-state index contributed by atoms with van der Waals surface area (Å²) < 4.78 is 5.95. The van der Waals surface area contributed by atoms with Crippen LogP contribution in [0, 0.1) is 6.92 Å². The standard InChI is InChI=1S/C20H29NO2/c1-16-6-8-17(9-7-16)20(10-13-23-19(2,3)15-20)14-18(22)21-11-4-5-12-21/h6-9H,4-5,10-15H2,1-3H3/t20-/m1/s1. The van der Waals surface area contributed by atoms with E-state index in [1.807, 2.05) is 0 Å². The maximum atomic E-state index is 12.9. The van der Waals surface area contributed by atoms with Crippen LogP contribution in [0.2, 0.25) is 0 Å². The molecule has 0 N–H and O–H groups in total. The van der Waals surface area contributed by atoms with Crippen molar-refractivity contribution in [1.82, 2.24) is 4.90 Å². The smallest absolute Gasteiger partial charge is 0.223 e. The number of carbonyl (C=O) groups is 1. The number of aryl methyl sites for hydroxylation is 1. The molecule has 1 atom stereocenters. The first-order valence-corrected chi connectivity index (χ1v) is 8.89. The van der Waals surface area contributed by atoms with Crippen molar-refractivity contribution in [2.45, 2.75) is 63.9 Å². The van der Waals surface area contributed by atoms with E-state index >= 15 is 0 Å². The van der Waals surface area contributed by atoms with Crippen LogP contribution in [0.5, 0.6) is 0 Å². The van der Waals surface area contributed by atoms with E-state index in [9.17, 15) is 4.79 Å². The van der Waals surface area contributed by atoms with Crippen LogP contribution in [-0.4, -0.2) is 36.1 Å². The van der Waals surface area contributed by atoms with Gasteiger partial charge in [-0.2, -0.15) is 0 Å². The van der Waals surface area contributed by atoms with Crippen molar-refractivity contribution >= 4 is 5.91 Å². The summed E-state index contributed by atoms with van der Waals surface area (Å²) in [7, 11) is 0. The van der Waals surface area contributed by atoms with E-state index in [1.54, 1.807) is 0 Å². The molecule has 0 aliphatic carbocycles. The van der Waals surface area contributed by atoms with E-state index < -0.39 is 0 Å². The second-order valence-electron chi connectivity index (χ2n) is 7.95. The number of benzene rings is 1. The number of hydrogen-bond donors (Lipinski definition) is 0. The molecule has 2 fully saturated rings. The average molecular weight is 315 g/mol. The predicted octanol–water partition coefficient (Wildman–Crippen LogP) is 3.83.